The Balaban J connectivity index is 1.35. The van der Waals surface area contributed by atoms with Crippen molar-refractivity contribution in [1.82, 2.24) is 16.0 Å². The smallest absolute Gasteiger partial charge is 0.315 e. The summed E-state index contributed by atoms with van der Waals surface area (Å²) in [5.41, 5.74) is 0.121. The Morgan fingerprint density at radius 1 is 1.07 bits per heavy atom. The van der Waals surface area contributed by atoms with Gasteiger partial charge < -0.3 is 25.4 Å². The van der Waals surface area contributed by atoms with Gasteiger partial charge in [0.1, 0.15) is 5.78 Å². The number of carbonyl (C=O) groups is 2. The van der Waals surface area contributed by atoms with Crippen molar-refractivity contribution in [3.05, 3.63) is 0 Å². The predicted octanol–water partition coefficient (Wildman–Crippen LogP) is 2.48. The minimum atomic E-state index is -0.0354. The Kier molecular flexibility index (Phi) is 10.8. The third kappa shape index (κ3) is 10.2. The van der Waals surface area contributed by atoms with Gasteiger partial charge in [-0.25, -0.2) is 4.79 Å². The Labute approximate surface area is 179 Å². The van der Waals surface area contributed by atoms with E-state index in [4.69, 9.17) is 9.47 Å². The number of carbonyl (C=O) groups excluding carboxylic acids is 2. The molecule has 2 aliphatic rings. The number of amides is 2. The van der Waals surface area contributed by atoms with Crippen molar-refractivity contribution in [3.63, 3.8) is 0 Å². The fourth-order valence-corrected chi connectivity index (χ4v) is 5.17. The van der Waals surface area contributed by atoms with Crippen molar-refractivity contribution in [2.45, 2.75) is 82.2 Å². The van der Waals surface area contributed by atoms with E-state index >= 15 is 0 Å². The second-order valence-corrected chi connectivity index (χ2v) is 10.2. The summed E-state index contributed by atoms with van der Waals surface area (Å²) in [5, 5.41) is 9.83. The number of hydrogen-bond donors (Lipinski definition) is 3. The number of ether oxygens (including phenoxy) is 2. The number of ketones is 1. The van der Waals surface area contributed by atoms with Crippen LogP contribution < -0.4 is 16.0 Å². The van der Waals surface area contributed by atoms with Crippen molar-refractivity contribution >= 4 is 23.6 Å². The molecule has 2 aliphatic heterocycles. The molecule has 7 nitrogen and oxygen atoms in total. The molecule has 0 aliphatic carbocycles. The minimum absolute atomic E-state index is 0.0354. The first-order chi connectivity index (χ1) is 13.8. The zero-order chi connectivity index (χ0) is 21.1. The largest absolute Gasteiger partial charge is 0.379 e. The molecular weight excluding hydrogens is 390 g/mol. The van der Waals surface area contributed by atoms with E-state index in [2.05, 4.69) is 36.7 Å². The zero-order valence-electron chi connectivity index (χ0n) is 18.3. The molecule has 29 heavy (non-hydrogen) atoms. The summed E-state index contributed by atoms with van der Waals surface area (Å²) in [6.45, 7) is 9.71. The molecule has 0 aromatic rings. The summed E-state index contributed by atoms with van der Waals surface area (Å²) < 4.78 is 11.0. The van der Waals surface area contributed by atoms with E-state index in [1.807, 2.05) is 11.8 Å². The minimum Gasteiger partial charge on any atom is -0.379 e. The molecule has 0 spiro atoms. The maximum atomic E-state index is 12.0. The van der Waals surface area contributed by atoms with E-state index in [1.165, 1.54) is 0 Å². The summed E-state index contributed by atoms with van der Waals surface area (Å²) in [6.07, 6.45) is 5.07. The van der Waals surface area contributed by atoms with Gasteiger partial charge >= 0.3 is 6.03 Å². The maximum absolute atomic E-state index is 12.0. The van der Waals surface area contributed by atoms with E-state index in [0.717, 1.165) is 38.0 Å². The molecule has 0 saturated carbocycles. The van der Waals surface area contributed by atoms with Crippen molar-refractivity contribution in [1.29, 1.82) is 0 Å². The fraction of sp³-hybridized carbons (Fsp3) is 0.905. The van der Waals surface area contributed by atoms with Gasteiger partial charge in [0.05, 0.1) is 31.9 Å². The highest BCUT2D eigenvalue weighted by Gasteiger charge is 2.42. The lowest BCUT2D eigenvalue weighted by molar-refractivity contribution is -0.119. The molecule has 2 saturated heterocycles. The molecule has 2 rings (SSSR count). The number of unbranched alkanes of at least 4 members (excludes halogenated alkanes) is 1. The number of thioether (sulfide) groups is 1. The number of nitrogens with one attached hydrogen (secondary N) is 3. The van der Waals surface area contributed by atoms with E-state index < -0.39 is 0 Å². The summed E-state index contributed by atoms with van der Waals surface area (Å²) >= 11 is 1.93. The normalized spacial score (nSPS) is 23.7. The monoisotopic (exact) mass is 429 g/mol. The average molecular weight is 430 g/mol. The van der Waals surface area contributed by atoms with E-state index in [9.17, 15) is 9.59 Å². The highest BCUT2D eigenvalue weighted by atomic mass is 32.2. The van der Waals surface area contributed by atoms with Crippen LogP contribution in [0.3, 0.4) is 0 Å². The van der Waals surface area contributed by atoms with Gasteiger partial charge in [-0.1, -0.05) is 6.42 Å². The number of hydrogen-bond acceptors (Lipinski definition) is 6. The molecule has 0 bridgehead atoms. The van der Waals surface area contributed by atoms with E-state index in [0.29, 0.717) is 50.3 Å². The lowest BCUT2D eigenvalue weighted by Gasteiger charge is -2.20. The molecule has 3 N–H and O–H groups in total. The number of urea groups is 1. The molecule has 0 aromatic heterocycles. The highest BCUT2D eigenvalue weighted by molar-refractivity contribution is 8.00. The van der Waals surface area contributed by atoms with Crippen LogP contribution in [0.15, 0.2) is 0 Å². The topological polar surface area (TPSA) is 88.7 Å². The van der Waals surface area contributed by atoms with Crippen LogP contribution in [-0.4, -0.2) is 73.4 Å². The summed E-state index contributed by atoms with van der Waals surface area (Å²) in [6, 6.07) is 0.510. The molecule has 3 atom stereocenters. The van der Waals surface area contributed by atoms with Crippen molar-refractivity contribution in [2.75, 3.05) is 38.7 Å². The highest BCUT2D eigenvalue weighted by Crippen LogP contribution is 2.33. The van der Waals surface area contributed by atoms with Gasteiger partial charge in [-0.15, -0.1) is 0 Å². The van der Waals surface area contributed by atoms with Gasteiger partial charge in [-0.05, 0) is 40.0 Å². The first-order valence-corrected chi connectivity index (χ1v) is 12.0. The number of Topliss-reactive ketones (excluding diaryl/α,β-unsaturated/α-hetero) is 1. The Bertz CT molecular complexity index is 513. The number of rotatable bonds is 15. The Morgan fingerprint density at radius 2 is 1.79 bits per heavy atom. The third-order valence-electron chi connectivity index (χ3n) is 5.15. The fourth-order valence-electron chi connectivity index (χ4n) is 3.63. The second kappa shape index (κ2) is 12.8. The van der Waals surface area contributed by atoms with E-state index in [1.54, 1.807) is 0 Å². The zero-order valence-corrected chi connectivity index (χ0v) is 19.1. The molecule has 168 valence electrons. The van der Waals surface area contributed by atoms with E-state index in [-0.39, 0.29) is 23.7 Å². The molecule has 0 radical (unpaired) electrons. The Hall–Kier alpha value is -0.830. The van der Waals surface area contributed by atoms with Gasteiger partial charge in [0, 0.05) is 42.5 Å². The van der Waals surface area contributed by atoms with Crippen LogP contribution >= 0.6 is 11.8 Å². The van der Waals surface area contributed by atoms with Crippen LogP contribution in [0.1, 0.15) is 59.3 Å². The van der Waals surface area contributed by atoms with Crippen LogP contribution in [0.25, 0.3) is 0 Å². The van der Waals surface area contributed by atoms with Crippen LogP contribution in [0.4, 0.5) is 4.79 Å². The van der Waals surface area contributed by atoms with Crippen LogP contribution in [-0.2, 0) is 14.3 Å². The summed E-state index contributed by atoms with van der Waals surface area (Å²) in [7, 11) is 0. The maximum Gasteiger partial charge on any atom is 0.315 e. The first kappa shape index (κ1) is 24.4. The van der Waals surface area contributed by atoms with Gasteiger partial charge in [0.25, 0.3) is 0 Å². The summed E-state index contributed by atoms with van der Waals surface area (Å²) in [5.74, 6) is 1.32. The van der Waals surface area contributed by atoms with Crippen LogP contribution in [0.5, 0.6) is 0 Å². The van der Waals surface area contributed by atoms with Gasteiger partial charge in [-0.3, -0.25) is 4.79 Å². The Morgan fingerprint density at radius 3 is 2.55 bits per heavy atom. The standard InChI is InChI=1S/C21H39N3O4S/c1-21(2,3)22-10-12-28-14-13-27-11-6-8-16(25)7-4-5-9-18-19-17(15-29-18)23-20(26)24-19/h17-19,22H,4-15H2,1-3H3,(H2,23,24,26)/t17-,18-,19-/m0/s1. The van der Waals surface area contributed by atoms with Gasteiger partial charge in [-0.2, -0.15) is 11.8 Å². The second-order valence-electron chi connectivity index (χ2n) is 8.91. The molecule has 0 aromatic carbocycles. The van der Waals surface area contributed by atoms with Gasteiger partial charge in [0.2, 0.25) is 0 Å². The predicted molar refractivity (Wildman–Crippen MR) is 118 cm³/mol. The molecule has 2 amide bonds. The molecule has 2 heterocycles. The SMILES string of the molecule is CC(C)(C)NCCOCCOCCCC(=O)CCCC[C@@H]1SC[C@@H]2NC(=O)N[C@@H]21. The van der Waals surface area contributed by atoms with Gasteiger partial charge in [0.15, 0.2) is 0 Å². The third-order valence-corrected chi connectivity index (χ3v) is 6.66. The number of fused-ring (bicyclic) bond motifs is 1. The van der Waals surface area contributed by atoms with Crippen molar-refractivity contribution in [2.24, 2.45) is 0 Å². The lowest BCUT2D eigenvalue weighted by Crippen LogP contribution is -2.38. The van der Waals surface area contributed by atoms with Crippen molar-refractivity contribution in [3.8, 4) is 0 Å². The molecule has 2 fully saturated rings. The van der Waals surface area contributed by atoms with Crippen LogP contribution in [0, 0.1) is 0 Å². The molecule has 8 heteroatoms. The van der Waals surface area contributed by atoms with Crippen LogP contribution in [0.2, 0.25) is 0 Å². The molecule has 0 unspecified atom stereocenters. The first-order valence-electron chi connectivity index (χ1n) is 11.0. The van der Waals surface area contributed by atoms with Crippen molar-refractivity contribution < 1.29 is 19.1 Å². The lowest BCUT2D eigenvalue weighted by atomic mass is 10.0. The molecular formula is C21H39N3O4S. The summed E-state index contributed by atoms with van der Waals surface area (Å²) in [4.78, 5) is 23.4. The average Bonchev–Trinajstić information content (AvgIpc) is 3.19. The quantitative estimate of drug-likeness (QED) is 0.274.